The lowest BCUT2D eigenvalue weighted by molar-refractivity contribution is 0.0767. The number of likely N-dealkylation sites (N-methyl/N-ethyl adjacent to an activating group) is 1. The maximum absolute atomic E-state index is 3.75. The zero-order valence-corrected chi connectivity index (χ0v) is 14.5. The van der Waals surface area contributed by atoms with Crippen molar-refractivity contribution in [2.75, 3.05) is 52.4 Å². The van der Waals surface area contributed by atoms with Gasteiger partial charge in [0.05, 0.1) is 0 Å². The van der Waals surface area contributed by atoms with E-state index < -0.39 is 0 Å². The summed E-state index contributed by atoms with van der Waals surface area (Å²) >= 11 is 0. The Kier molecular flexibility index (Phi) is 7.48. The number of nitrogens with zero attached hydrogens (tertiary/aromatic N) is 2. The highest BCUT2D eigenvalue weighted by molar-refractivity contribution is 4.88. The Morgan fingerprint density at radius 2 is 1.48 bits per heavy atom. The third-order valence-electron chi connectivity index (χ3n) is 5.56. The van der Waals surface area contributed by atoms with Crippen LogP contribution in [0.2, 0.25) is 0 Å². The van der Waals surface area contributed by atoms with Crippen LogP contribution in [0.1, 0.15) is 58.8 Å². The van der Waals surface area contributed by atoms with Gasteiger partial charge in [-0.15, -0.1) is 0 Å². The summed E-state index contributed by atoms with van der Waals surface area (Å²) in [5.41, 5.74) is 0.556. The Balaban J connectivity index is 1.88. The second kappa shape index (κ2) is 9.12. The second-order valence-corrected chi connectivity index (χ2v) is 7.30. The Morgan fingerprint density at radius 3 is 2.05 bits per heavy atom. The fourth-order valence-electron chi connectivity index (χ4n) is 4.14. The van der Waals surface area contributed by atoms with E-state index in [0.29, 0.717) is 5.41 Å². The molecule has 2 aliphatic rings. The SMILES string of the molecule is CCCNCC1(CN2CCN(CC)CC2)CCCCCC1. The van der Waals surface area contributed by atoms with E-state index in [1.807, 2.05) is 0 Å². The van der Waals surface area contributed by atoms with Crippen molar-refractivity contribution < 1.29 is 0 Å². The summed E-state index contributed by atoms with van der Waals surface area (Å²) in [6, 6.07) is 0. The van der Waals surface area contributed by atoms with E-state index in [-0.39, 0.29) is 0 Å². The summed E-state index contributed by atoms with van der Waals surface area (Å²) in [5.74, 6) is 0. The molecular formula is C18H37N3. The number of hydrogen-bond acceptors (Lipinski definition) is 3. The summed E-state index contributed by atoms with van der Waals surface area (Å²) in [7, 11) is 0. The summed E-state index contributed by atoms with van der Waals surface area (Å²) < 4.78 is 0. The standard InChI is InChI=1S/C18H37N3/c1-3-11-19-16-18(9-7-5-6-8-10-18)17-21-14-12-20(4-2)13-15-21/h19H,3-17H2,1-2H3. The highest BCUT2D eigenvalue weighted by Crippen LogP contribution is 2.35. The first-order valence-corrected chi connectivity index (χ1v) is 9.43. The van der Waals surface area contributed by atoms with Crippen LogP contribution in [0, 0.1) is 5.41 Å². The van der Waals surface area contributed by atoms with Crippen molar-refractivity contribution in [1.29, 1.82) is 0 Å². The summed E-state index contributed by atoms with van der Waals surface area (Å²) in [6.45, 7) is 14.7. The average molecular weight is 296 g/mol. The van der Waals surface area contributed by atoms with Crippen LogP contribution in [0.5, 0.6) is 0 Å². The van der Waals surface area contributed by atoms with Gasteiger partial charge in [0.15, 0.2) is 0 Å². The molecule has 0 amide bonds. The Morgan fingerprint density at radius 1 is 0.857 bits per heavy atom. The fourth-order valence-corrected chi connectivity index (χ4v) is 4.14. The second-order valence-electron chi connectivity index (χ2n) is 7.30. The maximum Gasteiger partial charge on any atom is 0.0110 e. The van der Waals surface area contributed by atoms with Crippen LogP contribution < -0.4 is 5.32 Å². The zero-order valence-electron chi connectivity index (χ0n) is 14.5. The fraction of sp³-hybridized carbons (Fsp3) is 1.00. The van der Waals surface area contributed by atoms with Crippen LogP contribution in [0.25, 0.3) is 0 Å². The highest BCUT2D eigenvalue weighted by Gasteiger charge is 2.33. The van der Waals surface area contributed by atoms with Gasteiger partial charge in [0.2, 0.25) is 0 Å². The number of rotatable bonds is 7. The molecule has 0 unspecified atom stereocenters. The van der Waals surface area contributed by atoms with Crippen LogP contribution >= 0.6 is 0 Å². The molecule has 3 nitrogen and oxygen atoms in total. The third-order valence-corrected chi connectivity index (χ3v) is 5.56. The van der Waals surface area contributed by atoms with Gasteiger partial charge in [-0.05, 0) is 37.8 Å². The van der Waals surface area contributed by atoms with Crippen LogP contribution in [0.4, 0.5) is 0 Å². The van der Waals surface area contributed by atoms with Crippen molar-refractivity contribution in [1.82, 2.24) is 15.1 Å². The maximum atomic E-state index is 3.75. The van der Waals surface area contributed by atoms with Crippen LogP contribution in [0.15, 0.2) is 0 Å². The quantitative estimate of drug-likeness (QED) is 0.575. The average Bonchev–Trinajstić information content (AvgIpc) is 2.74. The minimum atomic E-state index is 0.556. The van der Waals surface area contributed by atoms with Gasteiger partial charge in [0, 0.05) is 39.3 Å². The van der Waals surface area contributed by atoms with Gasteiger partial charge in [0.25, 0.3) is 0 Å². The van der Waals surface area contributed by atoms with Crippen LogP contribution in [-0.4, -0.2) is 62.2 Å². The molecule has 0 bridgehead atoms. The van der Waals surface area contributed by atoms with Crippen molar-refractivity contribution in [3.63, 3.8) is 0 Å². The molecule has 1 saturated heterocycles. The summed E-state index contributed by atoms with van der Waals surface area (Å²) in [6.07, 6.45) is 9.95. The Labute approximate surface area is 132 Å². The first kappa shape index (κ1) is 17.2. The molecule has 0 atom stereocenters. The summed E-state index contributed by atoms with van der Waals surface area (Å²) in [5, 5.41) is 3.75. The molecule has 3 heteroatoms. The summed E-state index contributed by atoms with van der Waals surface area (Å²) in [4.78, 5) is 5.34. The van der Waals surface area contributed by atoms with Crippen molar-refractivity contribution in [3.05, 3.63) is 0 Å². The largest absolute Gasteiger partial charge is 0.316 e. The van der Waals surface area contributed by atoms with E-state index in [9.17, 15) is 0 Å². The molecular weight excluding hydrogens is 258 g/mol. The molecule has 0 aromatic rings. The molecule has 1 aliphatic carbocycles. The zero-order chi connectivity index (χ0) is 15.0. The molecule has 1 heterocycles. The predicted molar refractivity (Wildman–Crippen MR) is 91.8 cm³/mol. The van der Waals surface area contributed by atoms with Gasteiger partial charge < -0.3 is 15.1 Å². The molecule has 0 aromatic carbocycles. The normalized spacial score (nSPS) is 24.9. The first-order valence-electron chi connectivity index (χ1n) is 9.43. The third kappa shape index (κ3) is 5.54. The molecule has 2 rings (SSSR count). The lowest BCUT2D eigenvalue weighted by Gasteiger charge is -2.42. The molecule has 2 fully saturated rings. The van der Waals surface area contributed by atoms with E-state index in [2.05, 4.69) is 29.0 Å². The van der Waals surface area contributed by atoms with E-state index in [4.69, 9.17) is 0 Å². The van der Waals surface area contributed by atoms with Gasteiger partial charge in [-0.1, -0.05) is 39.5 Å². The topological polar surface area (TPSA) is 18.5 Å². The molecule has 1 saturated carbocycles. The lowest BCUT2D eigenvalue weighted by Crippen LogP contribution is -2.51. The first-order chi connectivity index (χ1) is 10.3. The van der Waals surface area contributed by atoms with Crippen LogP contribution in [-0.2, 0) is 0 Å². The molecule has 0 aromatic heterocycles. The van der Waals surface area contributed by atoms with Gasteiger partial charge in [-0.2, -0.15) is 0 Å². The van der Waals surface area contributed by atoms with E-state index in [1.165, 1.54) is 97.3 Å². The van der Waals surface area contributed by atoms with Gasteiger partial charge in [-0.3, -0.25) is 0 Å². The molecule has 1 N–H and O–H groups in total. The van der Waals surface area contributed by atoms with Crippen LogP contribution in [0.3, 0.4) is 0 Å². The highest BCUT2D eigenvalue weighted by atomic mass is 15.3. The van der Waals surface area contributed by atoms with Gasteiger partial charge >= 0.3 is 0 Å². The van der Waals surface area contributed by atoms with Crippen molar-refractivity contribution >= 4 is 0 Å². The van der Waals surface area contributed by atoms with Crippen molar-refractivity contribution in [2.24, 2.45) is 5.41 Å². The molecule has 1 aliphatic heterocycles. The van der Waals surface area contributed by atoms with Crippen molar-refractivity contribution in [3.8, 4) is 0 Å². The minimum Gasteiger partial charge on any atom is -0.316 e. The molecule has 21 heavy (non-hydrogen) atoms. The van der Waals surface area contributed by atoms with Crippen molar-refractivity contribution in [2.45, 2.75) is 58.8 Å². The lowest BCUT2D eigenvalue weighted by atomic mass is 9.79. The molecule has 0 radical (unpaired) electrons. The Hall–Kier alpha value is -0.120. The number of piperazine rings is 1. The number of nitrogens with one attached hydrogen (secondary N) is 1. The smallest absolute Gasteiger partial charge is 0.0110 e. The monoisotopic (exact) mass is 295 g/mol. The van der Waals surface area contributed by atoms with E-state index in [1.54, 1.807) is 0 Å². The molecule has 124 valence electrons. The molecule has 0 spiro atoms. The van der Waals surface area contributed by atoms with Gasteiger partial charge in [0.1, 0.15) is 0 Å². The van der Waals surface area contributed by atoms with Gasteiger partial charge in [-0.25, -0.2) is 0 Å². The minimum absolute atomic E-state index is 0.556. The Bertz CT molecular complexity index is 264. The van der Waals surface area contributed by atoms with E-state index in [0.717, 1.165) is 0 Å². The van der Waals surface area contributed by atoms with E-state index >= 15 is 0 Å². The number of hydrogen-bond donors (Lipinski definition) is 1. The predicted octanol–water partition coefficient (Wildman–Crippen LogP) is 2.96.